The summed E-state index contributed by atoms with van der Waals surface area (Å²) in [6.45, 7) is 8.36. The van der Waals surface area contributed by atoms with Crippen molar-refractivity contribution in [2.24, 2.45) is 5.92 Å². The number of carbonyl (C=O) groups excluding carboxylic acids is 4. The van der Waals surface area contributed by atoms with Crippen molar-refractivity contribution in [3.05, 3.63) is 29.3 Å². The number of hydrogen-bond acceptors (Lipinski definition) is 6. The summed E-state index contributed by atoms with van der Waals surface area (Å²) in [5, 5.41) is 5.79. The highest BCUT2D eigenvalue weighted by Crippen LogP contribution is 2.30. The number of anilines is 1. The van der Waals surface area contributed by atoms with Gasteiger partial charge in [0.1, 0.15) is 11.6 Å². The van der Waals surface area contributed by atoms with Crippen molar-refractivity contribution in [2.45, 2.75) is 77.5 Å². The van der Waals surface area contributed by atoms with Crippen molar-refractivity contribution in [1.29, 1.82) is 0 Å². The third kappa shape index (κ3) is 6.13. The molecule has 3 heterocycles. The Hall–Kier alpha value is -3.10. The fraction of sp³-hybridized carbons (Fsp3) is 0.615. The number of benzene rings is 1. The Bertz CT molecular complexity index is 994. The van der Waals surface area contributed by atoms with Gasteiger partial charge in [-0.1, -0.05) is 0 Å². The molecule has 2 saturated heterocycles. The summed E-state index contributed by atoms with van der Waals surface area (Å²) in [7, 11) is 0. The number of likely N-dealkylation sites (tertiary alicyclic amines) is 1. The van der Waals surface area contributed by atoms with Crippen molar-refractivity contribution in [3.63, 3.8) is 0 Å². The van der Waals surface area contributed by atoms with E-state index in [2.05, 4.69) is 10.6 Å². The molecule has 9 nitrogen and oxygen atoms in total. The summed E-state index contributed by atoms with van der Waals surface area (Å²) in [5.41, 5.74) is 2.02. The minimum absolute atomic E-state index is 0.154. The predicted molar refractivity (Wildman–Crippen MR) is 131 cm³/mol. The van der Waals surface area contributed by atoms with Gasteiger partial charge in [0.15, 0.2) is 0 Å². The highest BCUT2D eigenvalue weighted by molar-refractivity contribution is 6.05. The zero-order valence-corrected chi connectivity index (χ0v) is 20.9. The lowest BCUT2D eigenvalue weighted by Gasteiger charge is -2.33. The number of amides is 4. The monoisotopic (exact) mass is 484 g/mol. The van der Waals surface area contributed by atoms with Crippen LogP contribution < -0.4 is 10.6 Å². The summed E-state index contributed by atoms with van der Waals surface area (Å²) in [6.07, 6.45) is 4.52. The molecule has 1 unspecified atom stereocenters. The van der Waals surface area contributed by atoms with E-state index < -0.39 is 17.6 Å². The van der Waals surface area contributed by atoms with Gasteiger partial charge in [0.2, 0.25) is 11.8 Å². The van der Waals surface area contributed by atoms with E-state index in [4.69, 9.17) is 4.74 Å². The second-order valence-electron chi connectivity index (χ2n) is 10.8. The topological polar surface area (TPSA) is 108 Å². The van der Waals surface area contributed by atoms with Crippen molar-refractivity contribution in [2.75, 3.05) is 25.0 Å². The predicted octanol–water partition coefficient (Wildman–Crippen LogP) is 3.29. The maximum absolute atomic E-state index is 12.8. The third-order valence-corrected chi connectivity index (χ3v) is 6.91. The second-order valence-corrected chi connectivity index (χ2v) is 10.8. The van der Waals surface area contributed by atoms with Crippen molar-refractivity contribution < 1.29 is 23.9 Å². The minimum Gasteiger partial charge on any atom is -0.444 e. The molecule has 1 aromatic carbocycles. The Balaban J connectivity index is 1.20. The smallest absolute Gasteiger partial charge is 0.410 e. The van der Waals surface area contributed by atoms with Gasteiger partial charge in [0.05, 0.1) is 0 Å². The van der Waals surface area contributed by atoms with Crippen LogP contribution in [-0.2, 0) is 20.9 Å². The molecule has 2 N–H and O–H groups in total. The average molecular weight is 485 g/mol. The Kier molecular flexibility index (Phi) is 7.33. The van der Waals surface area contributed by atoms with Gasteiger partial charge in [-0.25, -0.2) is 4.79 Å². The molecule has 35 heavy (non-hydrogen) atoms. The number of fused-ring (bicyclic) bond motifs is 1. The number of ether oxygens (including phenoxy) is 1. The van der Waals surface area contributed by atoms with E-state index in [1.807, 2.05) is 43.9 Å². The van der Waals surface area contributed by atoms with Crippen LogP contribution in [0.15, 0.2) is 18.2 Å². The Morgan fingerprint density at radius 3 is 2.57 bits per heavy atom. The standard InChI is InChI=1S/C26H36N4O5/c1-26(2,3)35-25(34)29-13-10-17(11-14-29)5-4-12-27-19-6-7-20-18(15-19)16-30(24(20)33)21-8-9-22(31)28-23(21)32/h6-7,15,17,21,27H,4-5,8-14,16H2,1-3H3,(H,28,31,32). The van der Waals surface area contributed by atoms with Crippen LogP contribution in [0.1, 0.15) is 75.2 Å². The first-order chi connectivity index (χ1) is 16.6. The van der Waals surface area contributed by atoms with E-state index in [0.29, 0.717) is 24.4 Å². The molecule has 3 aliphatic heterocycles. The van der Waals surface area contributed by atoms with E-state index in [1.165, 1.54) is 0 Å². The fourth-order valence-corrected chi connectivity index (χ4v) is 5.04. The lowest BCUT2D eigenvalue weighted by atomic mass is 9.92. The highest BCUT2D eigenvalue weighted by Gasteiger charge is 2.39. The molecule has 0 aliphatic carbocycles. The van der Waals surface area contributed by atoms with Gasteiger partial charge in [-0.05, 0) is 82.6 Å². The molecule has 0 spiro atoms. The van der Waals surface area contributed by atoms with Crippen molar-refractivity contribution in [3.8, 4) is 0 Å². The molecule has 1 aromatic rings. The van der Waals surface area contributed by atoms with Gasteiger partial charge >= 0.3 is 6.09 Å². The highest BCUT2D eigenvalue weighted by atomic mass is 16.6. The molecule has 4 rings (SSSR count). The molecule has 0 bridgehead atoms. The van der Waals surface area contributed by atoms with E-state index in [9.17, 15) is 19.2 Å². The van der Waals surface area contributed by atoms with Gasteiger partial charge in [-0.15, -0.1) is 0 Å². The van der Waals surface area contributed by atoms with E-state index in [0.717, 1.165) is 56.6 Å². The summed E-state index contributed by atoms with van der Waals surface area (Å²) in [4.78, 5) is 52.0. The van der Waals surface area contributed by atoms with Crippen LogP contribution in [0.4, 0.5) is 10.5 Å². The van der Waals surface area contributed by atoms with Crippen LogP contribution in [0.25, 0.3) is 0 Å². The summed E-state index contributed by atoms with van der Waals surface area (Å²) in [5.74, 6) is -0.220. The zero-order valence-electron chi connectivity index (χ0n) is 20.9. The van der Waals surface area contributed by atoms with E-state index in [1.54, 1.807) is 4.90 Å². The average Bonchev–Trinajstić information content (AvgIpc) is 3.11. The summed E-state index contributed by atoms with van der Waals surface area (Å²) in [6, 6.07) is 5.12. The largest absolute Gasteiger partial charge is 0.444 e. The number of nitrogens with zero attached hydrogens (tertiary/aromatic N) is 2. The molecule has 0 saturated carbocycles. The van der Waals surface area contributed by atoms with E-state index in [-0.39, 0.29) is 24.3 Å². The van der Waals surface area contributed by atoms with Gasteiger partial charge in [0, 0.05) is 43.9 Å². The van der Waals surface area contributed by atoms with Crippen LogP contribution in [-0.4, -0.2) is 64.9 Å². The summed E-state index contributed by atoms with van der Waals surface area (Å²) >= 11 is 0. The Morgan fingerprint density at radius 2 is 1.89 bits per heavy atom. The third-order valence-electron chi connectivity index (χ3n) is 6.91. The first-order valence-corrected chi connectivity index (χ1v) is 12.6. The maximum atomic E-state index is 12.8. The first kappa shape index (κ1) is 25.0. The molecular weight excluding hydrogens is 448 g/mol. The number of imide groups is 1. The molecule has 1 atom stereocenters. The van der Waals surface area contributed by atoms with Crippen LogP contribution in [0.3, 0.4) is 0 Å². The molecule has 190 valence electrons. The maximum Gasteiger partial charge on any atom is 0.410 e. The molecule has 4 amide bonds. The second kappa shape index (κ2) is 10.3. The zero-order chi connectivity index (χ0) is 25.2. The number of nitrogens with one attached hydrogen (secondary N) is 2. The number of carbonyl (C=O) groups is 4. The number of piperidine rings is 2. The minimum atomic E-state index is -0.592. The molecule has 9 heteroatoms. The van der Waals surface area contributed by atoms with Gasteiger partial charge < -0.3 is 19.9 Å². The van der Waals surface area contributed by atoms with Gasteiger partial charge in [-0.3, -0.25) is 19.7 Å². The summed E-state index contributed by atoms with van der Waals surface area (Å²) < 4.78 is 5.47. The van der Waals surface area contributed by atoms with Crippen LogP contribution in [0, 0.1) is 5.92 Å². The molecule has 3 aliphatic rings. The number of hydrogen-bond donors (Lipinski definition) is 2. The van der Waals surface area contributed by atoms with Crippen LogP contribution in [0.2, 0.25) is 0 Å². The van der Waals surface area contributed by atoms with Crippen molar-refractivity contribution in [1.82, 2.24) is 15.1 Å². The van der Waals surface area contributed by atoms with Gasteiger partial charge in [0.25, 0.3) is 5.91 Å². The van der Waals surface area contributed by atoms with Crippen LogP contribution >= 0.6 is 0 Å². The Labute approximate surface area is 206 Å². The fourth-order valence-electron chi connectivity index (χ4n) is 5.04. The van der Waals surface area contributed by atoms with Crippen LogP contribution in [0.5, 0.6) is 0 Å². The lowest BCUT2D eigenvalue weighted by molar-refractivity contribution is -0.136. The first-order valence-electron chi connectivity index (χ1n) is 12.6. The normalized spacial score (nSPS) is 21.1. The lowest BCUT2D eigenvalue weighted by Crippen LogP contribution is -2.52. The van der Waals surface area contributed by atoms with Gasteiger partial charge in [-0.2, -0.15) is 0 Å². The molecular formula is C26H36N4O5. The number of rotatable bonds is 6. The molecule has 0 aromatic heterocycles. The SMILES string of the molecule is CC(C)(C)OC(=O)N1CCC(CCCNc2ccc3c(c2)CN(C2CCC(=O)NC2=O)C3=O)CC1. The Morgan fingerprint density at radius 1 is 1.14 bits per heavy atom. The molecule has 0 radical (unpaired) electrons. The van der Waals surface area contributed by atoms with Crippen molar-refractivity contribution >= 4 is 29.5 Å². The van der Waals surface area contributed by atoms with E-state index >= 15 is 0 Å². The quantitative estimate of drug-likeness (QED) is 0.474. The molecule has 2 fully saturated rings.